The average molecular weight is 384 g/mol. The summed E-state index contributed by atoms with van der Waals surface area (Å²) in [6.07, 6.45) is 5.17. The lowest BCUT2D eigenvalue weighted by molar-refractivity contribution is -0.118. The highest BCUT2D eigenvalue weighted by molar-refractivity contribution is 6.34. The highest BCUT2D eigenvalue weighted by Crippen LogP contribution is 2.58. The maximum Gasteiger partial charge on any atom is 0.253 e. The number of anilines is 1. The first kappa shape index (κ1) is 18.5. The quantitative estimate of drug-likeness (QED) is 0.748. The van der Waals surface area contributed by atoms with Gasteiger partial charge in [-0.25, -0.2) is 0 Å². The molecule has 1 aromatic rings. The van der Waals surface area contributed by atoms with E-state index in [1.807, 2.05) is 0 Å². The van der Waals surface area contributed by atoms with Gasteiger partial charge in [0, 0.05) is 17.6 Å². The molecule has 25 heavy (non-hydrogen) atoms. The summed E-state index contributed by atoms with van der Waals surface area (Å²) in [4.78, 5) is 24.8. The molecule has 7 heteroatoms. The first-order valence-corrected chi connectivity index (χ1v) is 9.07. The third-order valence-electron chi connectivity index (χ3n) is 5.50. The second kappa shape index (κ2) is 7.14. The Morgan fingerprint density at radius 3 is 2.60 bits per heavy atom. The molecular weight excluding hydrogens is 361 g/mol. The van der Waals surface area contributed by atoms with Crippen LogP contribution >= 0.6 is 24.0 Å². The molecule has 136 valence electrons. The zero-order chi connectivity index (χ0) is 16.7. The van der Waals surface area contributed by atoms with Gasteiger partial charge in [-0.3, -0.25) is 9.59 Å². The Hall–Kier alpha value is -1.30. The maximum absolute atomic E-state index is 12.5. The van der Waals surface area contributed by atoms with E-state index in [0.29, 0.717) is 16.3 Å². The second-order valence-corrected chi connectivity index (χ2v) is 7.71. The van der Waals surface area contributed by atoms with Crippen molar-refractivity contribution < 1.29 is 9.59 Å². The summed E-state index contributed by atoms with van der Waals surface area (Å²) in [5, 5.41) is 9.65. The lowest BCUT2D eigenvalue weighted by Gasteiger charge is -2.23. The van der Waals surface area contributed by atoms with Gasteiger partial charge >= 0.3 is 0 Å². The predicted molar refractivity (Wildman–Crippen MR) is 100 cm³/mol. The number of benzene rings is 1. The van der Waals surface area contributed by atoms with Gasteiger partial charge in [0.2, 0.25) is 5.91 Å². The molecule has 2 amide bonds. The lowest BCUT2D eigenvalue weighted by atomic mass is 9.92. The Bertz CT molecular complexity index is 685. The molecular formula is C18H23Cl2N3O2. The van der Waals surface area contributed by atoms with E-state index in [1.165, 1.54) is 0 Å². The Balaban J connectivity index is 0.00000182. The van der Waals surface area contributed by atoms with Crippen LogP contribution in [0.4, 0.5) is 5.69 Å². The first-order chi connectivity index (χ1) is 11.6. The zero-order valence-corrected chi connectivity index (χ0v) is 15.5. The number of carbonyl (C=O) groups excluding carboxylic acids is 2. The summed E-state index contributed by atoms with van der Waals surface area (Å²) in [7, 11) is 0. The summed E-state index contributed by atoms with van der Waals surface area (Å²) in [6.45, 7) is 1.99. The van der Waals surface area contributed by atoms with Crippen molar-refractivity contribution in [2.75, 3.05) is 18.4 Å². The van der Waals surface area contributed by atoms with E-state index >= 15 is 0 Å². The molecule has 3 aliphatic rings. The Kier molecular flexibility index (Phi) is 5.28. The Labute approximate surface area is 158 Å². The van der Waals surface area contributed by atoms with Crippen LogP contribution < -0.4 is 16.0 Å². The highest BCUT2D eigenvalue weighted by Gasteiger charge is 2.57. The van der Waals surface area contributed by atoms with E-state index in [2.05, 4.69) is 16.0 Å². The molecule has 1 spiro atoms. The van der Waals surface area contributed by atoms with Gasteiger partial charge in [-0.2, -0.15) is 0 Å². The monoisotopic (exact) mass is 383 g/mol. The second-order valence-electron chi connectivity index (χ2n) is 7.30. The van der Waals surface area contributed by atoms with Crippen molar-refractivity contribution in [3.63, 3.8) is 0 Å². The molecule has 4 rings (SSSR count). The van der Waals surface area contributed by atoms with Crippen LogP contribution in [0.15, 0.2) is 18.2 Å². The largest absolute Gasteiger partial charge is 0.349 e. The van der Waals surface area contributed by atoms with Crippen molar-refractivity contribution in [3.05, 3.63) is 28.8 Å². The number of carbonyl (C=O) groups is 2. The van der Waals surface area contributed by atoms with E-state index in [0.717, 1.165) is 45.2 Å². The minimum absolute atomic E-state index is 0. The highest BCUT2D eigenvalue weighted by atomic mass is 35.5. The number of piperidine rings is 1. The van der Waals surface area contributed by atoms with Crippen LogP contribution in [0.5, 0.6) is 0 Å². The fourth-order valence-electron chi connectivity index (χ4n) is 3.69. The normalized spacial score (nSPS) is 23.5. The SMILES string of the molecule is Cl.O=C(NC1CC1)c1cc(NC(=O)C2CC23CCNCC3)ccc1Cl. The van der Waals surface area contributed by atoms with Crippen LogP contribution in [0, 0.1) is 11.3 Å². The van der Waals surface area contributed by atoms with Gasteiger partial charge in [-0.15, -0.1) is 12.4 Å². The topological polar surface area (TPSA) is 70.2 Å². The summed E-state index contributed by atoms with van der Waals surface area (Å²) in [6, 6.07) is 5.38. The molecule has 1 aliphatic heterocycles. The molecule has 2 saturated carbocycles. The van der Waals surface area contributed by atoms with Crippen molar-refractivity contribution >= 4 is 41.5 Å². The van der Waals surface area contributed by atoms with Crippen LogP contribution in [0.2, 0.25) is 5.02 Å². The van der Waals surface area contributed by atoms with Crippen LogP contribution in [0.3, 0.4) is 0 Å². The van der Waals surface area contributed by atoms with E-state index in [-0.39, 0.29) is 41.6 Å². The number of halogens is 2. The number of hydrogen-bond acceptors (Lipinski definition) is 3. The lowest BCUT2D eigenvalue weighted by Crippen LogP contribution is -2.31. The molecule has 0 radical (unpaired) electrons. The predicted octanol–water partition coefficient (Wildman–Crippen LogP) is 2.98. The van der Waals surface area contributed by atoms with Crippen molar-refractivity contribution in [2.45, 2.75) is 38.1 Å². The number of rotatable bonds is 4. The fourth-order valence-corrected chi connectivity index (χ4v) is 3.90. The van der Waals surface area contributed by atoms with E-state index in [4.69, 9.17) is 11.6 Å². The molecule has 2 aliphatic carbocycles. The molecule has 3 N–H and O–H groups in total. The standard InChI is InChI=1S/C18H22ClN3O2.ClH/c19-15-4-3-12(9-13(15)16(23)21-11-1-2-11)22-17(24)14-10-18(14)5-7-20-8-6-18;/h3-4,9,11,14,20H,1-2,5-8,10H2,(H,21,23)(H,22,24);1H. The average Bonchev–Trinajstić information content (AvgIpc) is 3.48. The maximum atomic E-state index is 12.5. The minimum Gasteiger partial charge on any atom is -0.349 e. The van der Waals surface area contributed by atoms with E-state index in [9.17, 15) is 9.59 Å². The molecule has 1 heterocycles. The van der Waals surface area contributed by atoms with Crippen molar-refractivity contribution in [1.82, 2.24) is 10.6 Å². The fraction of sp³-hybridized carbons (Fsp3) is 0.556. The van der Waals surface area contributed by atoms with Crippen LogP contribution in [-0.4, -0.2) is 30.9 Å². The Morgan fingerprint density at radius 2 is 1.92 bits per heavy atom. The number of nitrogens with one attached hydrogen (secondary N) is 3. The third kappa shape index (κ3) is 3.94. The zero-order valence-electron chi connectivity index (χ0n) is 13.9. The van der Waals surface area contributed by atoms with Crippen LogP contribution in [0.25, 0.3) is 0 Å². The number of amides is 2. The molecule has 3 fully saturated rings. The molecule has 1 unspecified atom stereocenters. The van der Waals surface area contributed by atoms with Crippen molar-refractivity contribution in [2.24, 2.45) is 11.3 Å². The van der Waals surface area contributed by atoms with Crippen molar-refractivity contribution in [3.8, 4) is 0 Å². The first-order valence-electron chi connectivity index (χ1n) is 8.69. The van der Waals surface area contributed by atoms with Crippen LogP contribution in [-0.2, 0) is 4.79 Å². The smallest absolute Gasteiger partial charge is 0.253 e. The summed E-state index contributed by atoms with van der Waals surface area (Å²) < 4.78 is 0. The summed E-state index contributed by atoms with van der Waals surface area (Å²) in [5.41, 5.74) is 1.27. The van der Waals surface area contributed by atoms with Gasteiger partial charge in [0.1, 0.15) is 0 Å². The number of hydrogen-bond donors (Lipinski definition) is 3. The summed E-state index contributed by atoms with van der Waals surface area (Å²) >= 11 is 6.14. The minimum atomic E-state index is -0.167. The molecule has 0 bridgehead atoms. The van der Waals surface area contributed by atoms with Crippen LogP contribution in [0.1, 0.15) is 42.5 Å². The van der Waals surface area contributed by atoms with Gasteiger partial charge in [-0.05, 0) is 68.8 Å². The summed E-state index contributed by atoms with van der Waals surface area (Å²) in [5.74, 6) is -0.00774. The van der Waals surface area contributed by atoms with Gasteiger partial charge in [0.15, 0.2) is 0 Å². The van der Waals surface area contributed by atoms with Gasteiger partial charge in [0.25, 0.3) is 5.91 Å². The molecule has 0 aromatic heterocycles. The molecule has 1 aromatic carbocycles. The van der Waals surface area contributed by atoms with Gasteiger partial charge < -0.3 is 16.0 Å². The van der Waals surface area contributed by atoms with Gasteiger partial charge in [0.05, 0.1) is 10.6 Å². The van der Waals surface area contributed by atoms with Crippen molar-refractivity contribution in [1.29, 1.82) is 0 Å². The molecule has 1 saturated heterocycles. The van der Waals surface area contributed by atoms with E-state index < -0.39 is 0 Å². The molecule has 1 atom stereocenters. The van der Waals surface area contributed by atoms with E-state index in [1.54, 1.807) is 18.2 Å². The molecule has 5 nitrogen and oxygen atoms in total. The third-order valence-corrected chi connectivity index (χ3v) is 5.83. The van der Waals surface area contributed by atoms with Gasteiger partial charge in [-0.1, -0.05) is 11.6 Å². The Morgan fingerprint density at radius 1 is 1.20 bits per heavy atom.